The van der Waals surface area contributed by atoms with Crippen LogP contribution in [0.1, 0.15) is 53.9 Å². The molecule has 1 saturated heterocycles. The molecule has 0 aromatic rings. The van der Waals surface area contributed by atoms with Gasteiger partial charge in [0.1, 0.15) is 5.60 Å². The smallest absolute Gasteiger partial charge is 0.407 e. The van der Waals surface area contributed by atoms with Crippen LogP contribution in [-0.4, -0.2) is 54.4 Å². The summed E-state index contributed by atoms with van der Waals surface area (Å²) in [7, 11) is 0. The molecule has 0 bridgehead atoms. The number of likely N-dealkylation sites (tertiary alicyclic amines) is 1. The Balaban J connectivity index is 1.69. The van der Waals surface area contributed by atoms with Gasteiger partial charge in [-0.3, -0.25) is 0 Å². The fraction of sp³-hybridized carbons (Fsp3) is 0.941. The zero-order valence-corrected chi connectivity index (χ0v) is 14.8. The number of hydrogen-bond acceptors (Lipinski definition) is 4. The lowest BCUT2D eigenvalue weighted by Crippen LogP contribution is -2.46. The van der Waals surface area contributed by atoms with Gasteiger partial charge in [-0.15, -0.1) is 0 Å². The van der Waals surface area contributed by atoms with E-state index in [1.165, 1.54) is 25.9 Å². The number of carbonyl (C=O) groups excluding carboxylic acids is 1. The summed E-state index contributed by atoms with van der Waals surface area (Å²) in [6.45, 7) is 13.8. The quantitative estimate of drug-likeness (QED) is 0.818. The van der Waals surface area contributed by atoms with Crippen LogP contribution in [-0.2, 0) is 4.74 Å². The number of nitrogens with one attached hydrogen (secondary N) is 2. The van der Waals surface area contributed by atoms with E-state index < -0.39 is 5.60 Å². The lowest BCUT2D eigenvalue weighted by atomic mass is 9.91. The van der Waals surface area contributed by atoms with Crippen LogP contribution in [0, 0.1) is 5.92 Å². The van der Waals surface area contributed by atoms with E-state index in [0.29, 0.717) is 12.1 Å². The number of amides is 1. The second-order valence-electron chi connectivity index (χ2n) is 7.85. The second-order valence-corrected chi connectivity index (χ2v) is 7.85. The zero-order chi connectivity index (χ0) is 16.3. The van der Waals surface area contributed by atoms with Crippen molar-refractivity contribution in [3.05, 3.63) is 0 Å². The van der Waals surface area contributed by atoms with Crippen LogP contribution < -0.4 is 10.6 Å². The third kappa shape index (κ3) is 5.43. The Morgan fingerprint density at radius 2 is 2.09 bits per heavy atom. The van der Waals surface area contributed by atoms with Gasteiger partial charge in [0.15, 0.2) is 0 Å². The minimum atomic E-state index is -0.430. The van der Waals surface area contributed by atoms with Gasteiger partial charge >= 0.3 is 6.09 Å². The molecule has 4 unspecified atom stereocenters. The first-order valence-electron chi connectivity index (χ1n) is 8.76. The molecule has 4 atom stereocenters. The Morgan fingerprint density at radius 1 is 1.36 bits per heavy atom. The maximum atomic E-state index is 11.8. The number of carbonyl (C=O) groups is 1. The van der Waals surface area contributed by atoms with E-state index in [4.69, 9.17) is 4.74 Å². The van der Waals surface area contributed by atoms with Crippen LogP contribution in [0.3, 0.4) is 0 Å². The van der Waals surface area contributed by atoms with Gasteiger partial charge in [0, 0.05) is 24.7 Å². The van der Waals surface area contributed by atoms with Gasteiger partial charge in [0.05, 0.1) is 0 Å². The molecule has 128 valence electrons. The Hall–Kier alpha value is -0.810. The van der Waals surface area contributed by atoms with Crippen molar-refractivity contribution in [1.29, 1.82) is 0 Å². The van der Waals surface area contributed by atoms with Crippen LogP contribution in [0.2, 0.25) is 0 Å². The van der Waals surface area contributed by atoms with Crippen LogP contribution in [0.4, 0.5) is 4.79 Å². The minimum absolute atomic E-state index is 0.225. The van der Waals surface area contributed by atoms with Gasteiger partial charge in [0.2, 0.25) is 0 Å². The molecular weight excluding hydrogens is 278 g/mol. The average Bonchev–Trinajstić information content (AvgIpc) is 3.14. The van der Waals surface area contributed by atoms with Crippen LogP contribution in [0.5, 0.6) is 0 Å². The summed E-state index contributed by atoms with van der Waals surface area (Å²) in [5.74, 6) is 0.719. The third-order valence-electron chi connectivity index (χ3n) is 4.67. The summed E-state index contributed by atoms with van der Waals surface area (Å²) in [6, 6.07) is 1.13. The highest BCUT2D eigenvalue weighted by Gasteiger charge is 2.41. The van der Waals surface area contributed by atoms with E-state index in [1.54, 1.807) is 0 Å². The van der Waals surface area contributed by atoms with Crippen LogP contribution >= 0.6 is 0 Å². The molecule has 5 heteroatoms. The Labute approximate surface area is 135 Å². The highest BCUT2D eigenvalue weighted by molar-refractivity contribution is 5.68. The molecule has 1 aliphatic heterocycles. The van der Waals surface area contributed by atoms with E-state index >= 15 is 0 Å². The predicted octanol–water partition coefficient (Wildman–Crippen LogP) is 2.36. The van der Waals surface area contributed by atoms with E-state index in [1.807, 2.05) is 20.8 Å². The van der Waals surface area contributed by atoms with Crippen molar-refractivity contribution in [1.82, 2.24) is 15.5 Å². The van der Waals surface area contributed by atoms with Crippen LogP contribution in [0.25, 0.3) is 0 Å². The summed E-state index contributed by atoms with van der Waals surface area (Å²) in [5.41, 5.74) is -0.430. The number of ether oxygens (including phenoxy) is 1. The Kier molecular flexibility index (Phi) is 5.72. The molecule has 5 nitrogen and oxygen atoms in total. The molecule has 0 aromatic heterocycles. The standard InChI is InChI=1S/C17H33N3O2/c1-6-20-9-7-8-13(11-20)12(2)18-14-10-15(14)19-16(21)22-17(3,4)5/h12-15,18H,6-11H2,1-5H3,(H,19,21). The summed E-state index contributed by atoms with van der Waals surface area (Å²) >= 11 is 0. The molecule has 2 rings (SSSR count). The van der Waals surface area contributed by atoms with Crippen molar-refractivity contribution in [3.8, 4) is 0 Å². The first-order valence-corrected chi connectivity index (χ1v) is 8.76. The monoisotopic (exact) mass is 311 g/mol. The maximum Gasteiger partial charge on any atom is 0.407 e. The fourth-order valence-corrected chi connectivity index (χ4v) is 3.26. The van der Waals surface area contributed by atoms with Crippen molar-refractivity contribution < 1.29 is 9.53 Å². The Morgan fingerprint density at radius 3 is 2.73 bits per heavy atom. The molecule has 2 N–H and O–H groups in total. The zero-order valence-electron chi connectivity index (χ0n) is 14.8. The first kappa shape index (κ1) is 17.5. The molecule has 1 heterocycles. The molecule has 2 aliphatic rings. The summed E-state index contributed by atoms with van der Waals surface area (Å²) in [6.07, 6.45) is 3.31. The van der Waals surface area contributed by atoms with Crippen molar-refractivity contribution in [3.63, 3.8) is 0 Å². The first-order chi connectivity index (χ1) is 10.3. The predicted molar refractivity (Wildman–Crippen MR) is 89.0 cm³/mol. The van der Waals surface area contributed by atoms with E-state index in [0.717, 1.165) is 18.9 Å². The SMILES string of the molecule is CCN1CCCC(C(C)NC2CC2NC(=O)OC(C)(C)C)C1. The van der Waals surface area contributed by atoms with Gasteiger partial charge in [-0.05, 0) is 66.0 Å². The summed E-state index contributed by atoms with van der Waals surface area (Å²) in [4.78, 5) is 14.3. The van der Waals surface area contributed by atoms with Gasteiger partial charge < -0.3 is 20.3 Å². The summed E-state index contributed by atoms with van der Waals surface area (Å²) < 4.78 is 5.30. The van der Waals surface area contributed by atoms with Gasteiger partial charge in [-0.25, -0.2) is 4.79 Å². The molecule has 2 fully saturated rings. The number of nitrogens with zero attached hydrogens (tertiary/aromatic N) is 1. The average molecular weight is 311 g/mol. The van der Waals surface area contributed by atoms with Crippen molar-refractivity contribution in [2.24, 2.45) is 5.92 Å². The van der Waals surface area contributed by atoms with Crippen molar-refractivity contribution in [2.45, 2.75) is 77.6 Å². The molecule has 0 radical (unpaired) electrons. The van der Waals surface area contributed by atoms with Crippen molar-refractivity contribution in [2.75, 3.05) is 19.6 Å². The van der Waals surface area contributed by atoms with E-state index in [9.17, 15) is 4.79 Å². The fourth-order valence-electron chi connectivity index (χ4n) is 3.26. The second kappa shape index (κ2) is 7.18. The summed E-state index contributed by atoms with van der Waals surface area (Å²) in [5, 5.41) is 6.64. The van der Waals surface area contributed by atoms with E-state index in [-0.39, 0.29) is 12.1 Å². The van der Waals surface area contributed by atoms with Gasteiger partial charge in [-0.2, -0.15) is 0 Å². The minimum Gasteiger partial charge on any atom is -0.444 e. The molecule has 0 aromatic carbocycles. The maximum absolute atomic E-state index is 11.8. The number of hydrogen-bond donors (Lipinski definition) is 2. The lowest BCUT2D eigenvalue weighted by Gasteiger charge is -2.35. The normalized spacial score (nSPS) is 30.7. The molecule has 1 aliphatic carbocycles. The number of rotatable bonds is 5. The number of piperidine rings is 1. The Bertz CT molecular complexity index is 381. The van der Waals surface area contributed by atoms with Crippen molar-refractivity contribution >= 4 is 6.09 Å². The lowest BCUT2D eigenvalue weighted by molar-refractivity contribution is 0.0521. The largest absolute Gasteiger partial charge is 0.444 e. The highest BCUT2D eigenvalue weighted by Crippen LogP contribution is 2.26. The molecule has 22 heavy (non-hydrogen) atoms. The van der Waals surface area contributed by atoms with Gasteiger partial charge in [0.25, 0.3) is 0 Å². The van der Waals surface area contributed by atoms with E-state index in [2.05, 4.69) is 29.4 Å². The number of alkyl carbamates (subject to hydrolysis) is 1. The third-order valence-corrected chi connectivity index (χ3v) is 4.67. The van der Waals surface area contributed by atoms with Crippen LogP contribution in [0.15, 0.2) is 0 Å². The highest BCUT2D eigenvalue weighted by atomic mass is 16.6. The molecule has 0 spiro atoms. The molecule has 1 amide bonds. The topological polar surface area (TPSA) is 53.6 Å². The molecular formula is C17H33N3O2. The van der Waals surface area contributed by atoms with Gasteiger partial charge in [-0.1, -0.05) is 6.92 Å². The molecule has 1 saturated carbocycles.